The normalized spacial score (nSPS) is 14.0. The lowest BCUT2D eigenvalue weighted by molar-refractivity contribution is 0.0944. The van der Waals surface area contributed by atoms with Crippen LogP contribution in [0.2, 0.25) is 0 Å². The lowest BCUT2D eigenvalue weighted by Crippen LogP contribution is -2.25. The molecule has 0 aliphatic carbocycles. The van der Waals surface area contributed by atoms with E-state index in [1.807, 2.05) is 31.2 Å². The van der Waals surface area contributed by atoms with Crippen LogP contribution in [0.25, 0.3) is 11.3 Å². The first-order valence-electron chi connectivity index (χ1n) is 9.29. The van der Waals surface area contributed by atoms with Crippen molar-refractivity contribution >= 4 is 15.7 Å². The van der Waals surface area contributed by atoms with Crippen LogP contribution in [0.5, 0.6) is 5.75 Å². The lowest BCUT2D eigenvalue weighted by Gasteiger charge is -2.18. The van der Waals surface area contributed by atoms with Crippen molar-refractivity contribution in [3.63, 3.8) is 0 Å². The van der Waals surface area contributed by atoms with Crippen molar-refractivity contribution in [2.75, 3.05) is 6.61 Å². The fourth-order valence-corrected chi connectivity index (χ4v) is 5.23. The van der Waals surface area contributed by atoms with E-state index in [4.69, 9.17) is 4.74 Å². The summed E-state index contributed by atoms with van der Waals surface area (Å²) in [5.74, 6) is 0.0449. The van der Waals surface area contributed by atoms with Crippen molar-refractivity contribution in [1.82, 2.24) is 15.1 Å². The van der Waals surface area contributed by atoms with Crippen LogP contribution in [0.4, 0.5) is 0 Å². The van der Waals surface area contributed by atoms with Gasteiger partial charge < -0.3 is 10.1 Å². The van der Waals surface area contributed by atoms with E-state index in [2.05, 4.69) is 10.4 Å². The number of nitrogens with zero attached hydrogens (tertiary/aromatic N) is 2. The van der Waals surface area contributed by atoms with Gasteiger partial charge in [-0.25, -0.2) is 8.42 Å². The summed E-state index contributed by atoms with van der Waals surface area (Å²) in [5.41, 5.74) is 2.64. The third kappa shape index (κ3) is 3.40. The molecule has 0 fully saturated rings. The first-order valence-corrected chi connectivity index (χ1v) is 10.9. The van der Waals surface area contributed by atoms with Crippen LogP contribution in [0.3, 0.4) is 0 Å². The predicted octanol–water partition coefficient (Wildman–Crippen LogP) is 2.70. The number of ether oxygens (including phenoxy) is 1. The molecule has 29 heavy (non-hydrogen) atoms. The van der Waals surface area contributed by atoms with E-state index < -0.39 is 15.7 Å². The van der Waals surface area contributed by atoms with Gasteiger partial charge in [0.2, 0.25) is 0 Å². The van der Waals surface area contributed by atoms with Gasteiger partial charge in [0.25, 0.3) is 5.91 Å². The van der Waals surface area contributed by atoms with Crippen LogP contribution in [-0.2, 0) is 29.2 Å². The molecule has 1 aliphatic heterocycles. The molecule has 0 bridgehead atoms. The molecule has 7 nitrogen and oxygen atoms in total. The minimum absolute atomic E-state index is 0.134. The molecule has 0 saturated heterocycles. The quantitative estimate of drug-likeness (QED) is 0.697. The number of rotatable bonds is 5. The summed E-state index contributed by atoms with van der Waals surface area (Å²) in [7, 11) is -1.82. The second-order valence-corrected chi connectivity index (χ2v) is 8.74. The Balaban J connectivity index is 1.66. The van der Waals surface area contributed by atoms with Gasteiger partial charge >= 0.3 is 0 Å². The molecule has 0 spiro atoms. The molecule has 3 aromatic rings. The average Bonchev–Trinajstić information content (AvgIpc) is 3.03. The van der Waals surface area contributed by atoms with Gasteiger partial charge in [0.1, 0.15) is 5.75 Å². The molecule has 0 unspecified atom stereocenters. The van der Waals surface area contributed by atoms with Gasteiger partial charge in [-0.1, -0.05) is 36.4 Å². The van der Waals surface area contributed by atoms with E-state index in [1.54, 1.807) is 36.0 Å². The lowest BCUT2D eigenvalue weighted by atomic mass is 10.1. The molecular formula is C21H21N3O4S. The fraction of sp³-hybridized carbons (Fsp3) is 0.238. The van der Waals surface area contributed by atoms with Crippen LogP contribution >= 0.6 is 0 Å². The fourth-order valence-electron chi connectivity index (χ4n) is 3.63. The molecule has 1 amide bonds. The van der Waals surface area contributed by atoms with Gasteiger partial charge in [-0.15, -0.1) is 0 Å². The summed E-state index contributed by atoms with van der Waals surface area (Å²) < 4.78 is 32.6. The number of fused-ring (bicyclic) bond motifs is 3. The van der Waals surface area contributed by atoms with Crippen LogP contribution in [0.15, 0.2) is 53.4 Å². The molecule has 1 aliphatic rings. The molecule has 0 saturated carbocycles. The maximum Gasteiger partial charge on any atom is 0.272 e. The summed E-state index contributed by atoms with van der Waals surface area (Å²) in [6.45, 7) is 2.67. The zero-order valence-electron chi connectivity index (χ0n) is 16.2. The Bertz CT molecular complexity index is 1200. The summed E-state index contributed by atoms with van der Waals surface area (Å²) in [6, 6.07) is 14.3. The van der Waals surface area contributed by atoms with E-state index in [-0.39, 0.29) is 22.9 Å². The number of hydrogen-bond donors (Lipinski definition) is 1. The number of aryl methyl sites for hydroxylation is 1. The Kier molecular flexibility index (Phi) is 4.87. The van der Waals surface area contributed by atoms with Crippen molar-refractivity contribution < 1.29 is 17.9 Å². The number of nitrogens with one attached hydrogen (secondary N) is 1. The maximum absolute atomic E-state index is 12.9. The number of carbonyl (C=O) groups excluding carboxylic acids is 1. The number of carbonyl (C=O) groups is 1. The minimum atomic E-state index is -3.53. The summed E-state index contributed by atoms with van der Waals surface area (Å²) in [6.07, 6.45) is 0. The Morgan fingerprint density at radius 1 is 1.17 bits per heavy atom. The number of sulfone groups is 1. The number of para-hydroxylation sites is 1. The summed E-state index contributed by atoms with van der Waals surface area (Å²) in [4.78, 5) is 13.1. The monoisotopic (exact) mass is 411 g/mol. The van der Waals surface area contributed by atoms with Crippen molar-refractivity contribution in [2.24, 2.45) is 7.05 Å². The van der Waals surface area contributed by atoms with E-state index in [1.165, 1.54) is 0 Å². The molecule has 1 N–H and O–H groups in total. The molecule has 8 heteroatoms. The molecule has 0 atom stereocenters. The second kappa shape index (κ2) is 7.36. The van der Waals surface area contributed by atoms with Gasteiger partial charge in [0, 0.05) is 30.3 Å². The first kappa shape index (κ1) is 19.2. The average molecular weight is 411 g/mol. The SMILES string of the molecule is CCOc1ccccc1CNC(=O)c1nn(C)c2c1CS(=O)(=O)c1ccccc1-2. The van der Waals surface area contributed by atoms with E-state index >= 15 is 0 Å². The van der Waals surface area contributed by atoms with Crippen molar-refractivity contribution in [1.29, 1.82) is 0 Å². The van der Waals surface area contributed by atoms with Crippen LogP contribution in [-0.4, -0.2) is 30.7 Å². The van der Waals surface area contributed by atoms with Crippen LogP contribution in [0, 0.1) is 0 Å². The maximum atomic E-state index is 12.9. The highest BCUT2D eigenvalue weighted by molar-refractivity contribution is 7.90. The topological polar surface area (TPSA) is 90.3 Å². The molecule has 150 valence electrons. The third-order valence-corrected chi connectivity index (χ3v) is 6.58. The predicted molar refractivity (Wildman–Crippen MR) is 108 cm³/mol. The van der Waals surface area contributed by atoms with E-state index in [0.717, 1.165) is 5.56 Å². The molecule has 2 heterocycles. The van der Waals surface area contributed by atoms with Crippen LogP contribution in [0.1, 0.15) is 28.5 Å². The Morgan fingerprint density at radius 3 is 2.69 bits per heavy atom. The zero-order chi connectivity index (χ0) is 20.6. The third-order valence-electron chi connectivity index (χ3n) is 4.88. The number of hydrogen-bond acceptors (Lipinski definition) is 5. The van der Waals surface area contributed by atoms with Crippen LogP contribution < -0.4 is 10.1 Å². The number of benzene rings is 2. The number of amides is 1. The standard InChI is InChI=1S/C21H21N3O4S/c1-3-28-17-10-6-4-8-14(17)12-22-21(25)19-16-13-29(26,27)18-11-7-5-9-15(18)20(16)24(2)23-19/h4-11H,3,12-13H2,1-2H3,(H,22,25). The Hall–Kier alpha value is -3.13. The highest BCUT2D eigenvalue weighted by Gasteiger charge is 2.34. The molecular weight excluding hydrogens is 390 g/mol. The van der Waals surface area contributed by atoms with Gasteiger partial charge in [-0.2, -0.15) is 5.10 Å². The minimum Gasteiger partial charge on any atom is -0.494 e. The van der Waals surface area contributed by atoms with Gasteiger partial charge in [0.15, 0.2) is 15.5 Å². The highest BCUT2D eigenvalue weighted by Crippen LogP contribution is 2.38. The van der Waals surface area contributed by atoms with Gasteiger partial charge in [-0.3, -0.25) is 9.48 Å². The zero-order valence-corrected chi connectivity index (χ0v) is 17.0. The first-order chi connectivity index (χ1) is 13.9. The van der Waals surface area contributed by atoms with Gasteiger partial charge in [-0.05, 0) is 19.1 Å². The molecule has 0 radical (unpaired) electrons. The molecule has 1 aromatic heterocycles. The molecule has 4 rings (SSSR count). The highest BCUT2D eigenvalue weighted by atomic mass is 32.2. The van der Waals surface area contributed by atoms with E-state index in [0.29, 0.717) is 29.2 Å². The summed E-state index contributed by atoms with van der Waals surface area (Å²) in [5, 5.41) is 7.18. The van der Waals surface area contributed by atoms with Crippen molar-refractivity contribution in [3.05, 3.63) is 65.4 Å². The van der Waals surface area contributed by atoms with Crippen molar-refractivity contribution in [2.45, 2.75) is 24.1 Å². The second-order valence-electron chi connectivity index (χ2n) is 6.78. The molecule has 2 aromatic carbocycles. The van der Waals surface area contributed by atoms with E-state index in [9.17, 15) is 13.2 Å². The largest absolute Gasteiger partial charge is 0.494 e. The van der Waals surface area contributed by atoms with Crippen molar-refractivity contribution in [3.8, 4) is 17.0 Å². The summed E-state index contributed by atoms with van der Waals surface area (Å²) >= 11 is 0. The number of aromatic nitrogens is 2. The smallest absolute Gasteiger partial charge is 0.272 e. The van der Waals surface area contributed by atoms with Gasteiger partial charge in [0.05, 0.1) is 22.9 Å². The Morgan fingerprint density at radius 2 is 1.90 bits per heavy atom. The Labute approximate surface area is 169 Å².